The molecule has 0 spiro atoms. The third kappa shape index (κ3) is 51.1. The van der Waals surface area contributed by atoms with E-state index < -0.39 is 74.2 Å². The summed E-state index contributed by atoms with van der Waals surface area (Å²) in [4.78, 5) is 13.3. The van der Waals surface area contributed by atoms with Crippen molar-refractivity contribution in [3.8, 4) is 0 Å². The number of amides is 1. The minimum atomic E-state index is -1.68. The first-order valence-electron chi connectivity index (χ1n) is 37.2. The van der Waals surface area contributed by atoms with Crippen LogP contribution in [0.15, 0.2) is 60.8 Å². The van der Waals surface area contributed by atoms with Gasteiger partial charge in [-0.3, -0.25) is 4.79 Å². The predicted molar refractivity (Wildman–Crippen MR) is 367 cm³/mol. The number of hydrogen-bond acceptors (Lipinski definition) is 10. The SMILES string of the molecule is CCCCCCCCCCC/C=C/CC/C=C/CC/C=C/CCCC(O)C(O)C(COC1OC(CO)C(O)C(O)C1O)NC(=O)C(O)CCCCCCCCCCCCCCCCCC/C=C\C/C=C\CCCCCCCCCCCCCCCCC. The highest BCUT2D eigenvalue weighted by Crippen LogP contribution is 2.24. The molecule has 510 valence electrons. The summed E-state index contributed by atoms with van der Waals surface area (Å²) in [5.41, 5.74) is 0. The van der Waals surface area contributed by atoms with Crippen molar-refractivity contribution in [1.82, 2.24) is 5.32 Å². The molecule has 0 aromatic carbocycles. The van der Waals surface area contributed by atoms with Crippen molar-refractivity contribution in [2.45, 2.75) is 403 Å². The molecule has 0 radical (unpaired) electrons. The number of aliphatic hydroxyl groups excluding tert-OH is 7. The zero-order valence-electron chi connectivity index (χ0n) is 56.5. The van der Waals surface area contributed by atoms with Gasteiger partial charge in [0.25, 0.3) is 0 Å². The van der Waals surface area contributed by atoms with Crippen LogP contribution < -0.4 is 5.32 Å². The fourth-order valence-electron chi connectivity index (χ4n) is 11.8. The lowest BCUT2D eigenvalue weighted by Gasteiger charge is -2.40. The topological polar surface area (TPSA) is 189 Å². The molecule has 11 heteroatoms. The Bertz CT molecular complexity index is 1600. The lowest BCUT2D eigenvalue weighted by molar-refractivity contribution is -0.303. The van der Waals surface area contributed by atoms with Crippen LogP contribution >= 0.6 is 0 Å². The largest absolute Gasteiger partial charge is 0.394 e. The van der Waals surface area contributed by atoms with Crippen molar-refractivity contribution in [2.75, 3.05) is 13.2 Å². The van der Waals surface area contributed by atoms with E-state index in [9.17, 15) is 40.5 Å². The van der Waals surface area contributed by atoms with E-state index in [0.29, 0.717) is 19.3 Å². The van der Waals surface area contributed by atoms with Gasteiger partial charge in [-0.25, -0.2) is 0 Å². The van der Waals surface area contributed by atoms with Crippen molar-refractivity contribution in [3.63, 3.8) is 0 Å². The summed E-state index contributed by atoms with van der Waals surface area (Å²) in [5, 5.41) is 76.5. The molecule has 9 unspecified atom stereocenters. The van der Waals surface area contributed by atoms with Gasteiger partial charge in [-0.05, 0) is 96.3 Å². The lowest BCUT2D eigenvalue weighted by Crippen LogP contribution is -2.60. The van der Waals surface area contributed by atoms with E-state index in [1.165, 1.54) is 250 Å². The van der Waals surface area contributed by atoms with Gasteiger partial charge >= 0.3 is 0 Å². The molecule has 1 saturated heterocycles. The molecule has 8 N–H and O–H groups in total. The van der Waals surface area contributed by atoms with Crippen molar-refractivity contribution in [3.05, 3.63) is 60.8 Å². The molecule has 0 bridgehead atoms. The molecule has 1 fully saturated rings. The van der Waals surface area contributed by atoms with Crippen LogP contribution in [0.1, 0.15) is 348 Å². The Hall–Kier alpha value is -2.19. The Labute approximate surface area is 535 Å². The van der Waals surface area contributed by atoms with Crippen LogP contribution in [0.25, 0.3) is 0 Å². The Balaban J connectivity index is 2.17. The van der Waals surface area contributed by atoms with E-state index in [-0.39, 0.29) is 12.8 Å². The highest BCUT2D eigenvalue weighted by atomic mass is 16.7. The third-order valence-corrected chi connectivity index (χ3v) is 17.7. The minimum absolute atomic E-state index is 0.240. The Morgan fingerprint density at radius 1 is 0.402 bits per heavy atom. The summed E-state index contributed by atoms with van der Waals surface area (Å²) in [6.07, 6.45) is 74.7. The van der Waals surface area contributed by atoms with Crippen LogP contribution in [0.5, 0.6) is 0 Å². The number of ether oxygens (including phenoxy) is 2. The summed E-state index contributed by atoms with van der Waals surface area (Å²) < 4.78 is 11.2. The van der Waals surface area contributed by atoms with E-state index in [4.69, 9.17) is 9.47 Å². The fourth-order valence-corrected chi connectivity index (χ4v) is 11.8. The molecule has 0 aromatic heterocycles. The first kappa shape index (κ1) is 82.8. The van der Waals surface area contributed by atoms with Gasteiger partial charge in [-0.15, -0.1) is 0 Å². The molecule has 1 aliphatic heterocycles. The standard InChI is InChI=1S/C76H141NO10/c1-3-5-7-9-11-13-15-17-19-21-23-25-27-28-29-30-31-32-33-34-35-36-37-38-39-40-41-42-44-46-48-50-52-54-56-58-60-62-64-69(80)75(85)77-67(66-86-76-74(84)73(83)72(82)70(65-78)87-76)71(81)68(79)63-61-59-57-55-53-51-49-47-45-43-26-24-22-20-18-16-14-12-10-8-6-4-2/h24,26,31-32,34-35,47,49,55,57,67-74,76,78-84H,3-23,25,27-30,33,36-46,48,50-54,56,58-66H2,1-2H3,(H,77,85)/b26-24+,32-31-,35-34-,49-47+,57-55+. The van der Waals surface area contributed by atoms with Crippen LogP contribution in [0.2, 0.25) is 0 Å². The van der Waals surface area contributed by atoms with Crippen LogP contribution in [0, 0.1) is 0 Å². The quantitative estimate of drug-likeness (QED) is 0.0215. The molecule has 1 heterocycles. The molecule has 0 aliphatic carbocycles. The summed E-state index contributed by atoms with van der Waals surface area (Å²) in [6, 6.07) is -1.20. The predicted octanol–water partition coefficient (Wildman–Crippen LogP) is 18.5. The zero-order chi connectivity index (χ0) is 63.1. The van der Waals surface area contributed by atoms with E-state index in [0.717, 1.165) is 51.4 Å². The van der Waals surface area contributed by atoms with Crippen molar-refractivity contribution < 1.29 is 50.0 Å². The monoisotopic (exact) mass is 1230 g/mol. The van der Waals surface area contributed by atoms with Gasteiger partial charge in [0.2, 0.25) is 5.91 Å². The lowest BCUT2D eigenvalue weighted by atomic mass is 9.98. The van der Waals surface area contributed by atoms with Crippen molar-refractivity contribution in [2.24, 2.45) is 0 Å². The Morgan fingerprint density at radius 2 is 0.724 bits per heavy atom. The first-order valence-corrected chi connectivity index (χ1v) is 37.2. The Morgan fingerprint density at radius 3 is 1.09 bits per heavy atom. The number of allylic oxidation sites excluding steroid dienone is 10. The fraction of sp³-hybridized carbons (Fsp3) is 0.855. The van der Waals surface area contributed by atoms with Gasteiger partial charge in [0.05, 0.1) is 25.4 Å². The molecule has 87 heavy (non-hydrogen) atoms. The summed E-state index contributed by atoms with van der Waals surface area (Å²) in [5.74, 6) is -0.709. The second kappa shape index (κ2) is 63.9. The van der Waals surface area contributed by atoms with Crippen molar-refractivity contribution >= 4 is 5.91 Å². The number of carbonyl (C=O) groups excluding carboxylic acids is 1. The second-order valence-corrected chi connectivity index (χ2v) is 26.0. The average molecular weight is 1230 g/mol. The number of unbranched alkanes of at least 4 members (excludes halogenated alkanes) is 43. The molecule has 1 rings (SSSR count). The minimum Gasteiger partial charge on any atom is -0.394 e. The smallest absolute Gasteiger partial charge is 0.249 e. The maximum atomic E-state index is 13.3. The average Bonchev–Trinajstić information content (AvgIpc) is 2.02. The molecule has 0 saturated carbocycles. The zero-order valence-corrected chi connectivity index (χ0v) is 56.5. The van der Waals surface area contributed by atoms with E-state index in [2.05, 4.69) is 79.9 Å². The molecular formula is C76H141NO10. The number of nitrogens with one attached hydrogen (secondary N) is 1. The van der Waals surface area contributed by atoms with Crippen LogP contribution in [-0.2, 0) is 14.3 Å². The van der Waals surface area contributed by atoms with Gasteiger partial charge in [0.15, 0.2) is 6.29 Å². The molecule has 1 aliphatic rings. The van der Waals surface area contributed by atoms with E-state index in [1.54, 1.807) is 0 Å². The number of hydrogen-bond donors (Lipinski definition) is 8. The number of carbonyl (C=O) groups is 1. The normalized spacial score (nSPS) is 19.0. The highest BCUT2D eigenvalue weighted by Gasteiger charge is 2.44. The van der Waals surface area contributed by atoms with E-state index >= 15 is 0 Å². The van der Waals surface area contributed by atoms with Gasteiger partial charge in [-0.2, -0.15) is 0 Å². The summed E-state index contributed by atoms with van der Waals surface area (Å²) in [6.45, 7) is 3.48. The molecular weight excluding hydrogens is 1090 g/mol. The third-order valence-electron chi connectivity index (χ3n) is 17.7. The van der Waals surface area contributed by atoms with Gasteiger partial charge in [0.1, 0.15) is 36.6 Å². The molecule has 1 amide bonds. The van der Waals surface area contributed by atoms with Crippen LogP contribution in [0.4, 0.5) is 0 Å². The number of rotatable bonds is 65. The summed E-state index contributed by atoms with van der Waals surface area (Å²) >= 11 is 0. The van der Waals surface area contributed by atoms with E-state index in [1.807, 2.05) is 0 Å². The maximum Gasteiger partial charge on any atom is 0.249 e. The molecule has 0 aromatic rings. The highest BCUT2D eigenvalue weighted by molar-refractivity contribution is 5.80. The van der Waals surface area contributed by atoms with Gasteiger partial charge < -0.3 is 50.5 Å². The van der Waals surface area contributed by atoms with Gasteiger partial charge in [-0.1, -0.05) is 312 Å². The Kier molecular flexibility index (Phi) is 60.9. The molecule has 11 nitrogen and oxygen atoms in total. The maximum absolute atomic E-state index is 13.3. The molecule has 9 atom stereocenters. The van der Waals surface area contributed by atoms with Crippen LogP contribution in [0.3, 0.4) is 0 Å². The van der Waals surface area contributed by atoms with Crippen LogP contribution in [-0.4, -0.2) is 110 Å². The first-order chi connectivity index (χ1) is 42.7. The van der Waals surface area contributed by atoms with Crippen molar-refractivity contribution in [1.29, 1.82) is 0 Å². The summed E-state index contributed by atoms with van der Waals surface area (Å²) in [7, 11) is 0. The second-order valence-electron chi connectivity index (χ2n) is 26.0. The van der Waals surface area contributed by atoms with Gasteiger partial charge in [0, 0.05) is 0 Å². The number of aliphatic hydroxyl groups is 7.